The lowest BCUT2D eigenvalue weighted by atomic mass is 9.67. The first-order valence-electron chi connectivity index (χ1n) is 11.7. The Hall–Kier alpha value is -3.48. The molecule has 1 aliphatic carbocycles. The Morgan fingerprint density at radius 3 is 2.43 bits per heavy atom. The van der Waals surface area contributed by atoms with Crippen LogP contribution in [0.25, 0.3) is 0 Å². The molecule has 0 radical (unpaired) electrons. The summed E-state index contributed by atoms with van der Waals surface area (Å²) in [6, 6.07) is 6.41. The lowest BCUT2D eigenvalue weighted by Crippen LogP contribution is -2.50. The molecule has 1 spiro atoms. The molecule has 1 heterocycles. The molecule has 1 aromatic carbocycles. The third kappa shape index (κ3) is 5.96. The van der Waals surface area contributed by atoms with Crippen molar-refractivity contribution in [1.29, 1.82) is 5.26 Å². The van der Waals surface area contributed by atoms with Gasteiger partial charge < -0.3 is 15.0 Å². The van der Waals surface area contributed by atoms with Gasteiger partial charge in [-0.25, -0.2) is 9.18 Å². The van der Waals surface area contributed by atoms with Gasteiger partial charge in [0.05, 0.1) is 12.5 Å². The van der Waals surface area contributed by atoms with Crippen molar-refractivity contribution >= 4 is 29.5 Å². The zero-order valence-corrected chi connectivity index (χ0v) is 20.3. The summed E-state index contributed by atoms with van der Waals surface area (Å²) in [5.74, 6) is -2.00. The molecule has 35 heavy (non-hydrogen) atoms. The summed E-state index contributed by atoms with van der Waals surface area (Å²) in [6.07, 6.45) is 2.64. The maximum Gasteiger partial charge on any atom is 0.326 e. The first-order valence-corrected chi connectivity index (χ1v) is 11.7. The normalized spacial score (nSPS) is 22.0. The number of rotatable bonds is 7. The summed E-state index contributed by atoms with van der Waals surface area (Å²) < 4.78 is 18.3. The zero-order chi connectivity index (χ0) is 25.8. The molecule has 1 saturated heterocycles. The van der Waals surface area contributed by atoms with Gasteiger partial charge in [-0.3, -0.25) is 19.3 Å². The van der Waals surface area contributed by atoms with Crippen LogP contribution in [0, 0.1) is 28.5 Å². The van der Waals surface area contributed by atoms with Gasteiger partial charge in [0, 0.05) is 12.2 Å². The number of hydrogen-bond acceptors (Lipinski definition) is 6. The maximum atomic E-state index is 13.2. The molecule has 188 valence electrons. The van der Waals surface area contributed by atoms with Gasteiger partial charge in [-0.15, -0.1) is 0 Å². The Balaban J connectivity index is 1.57. The molecule has 2 aliphatic rings. The minimum Gasteiger partial charge on any atom is -0.454 e. The third-order valence-corrected chi connectivity index (χ3v) is 6.84. The Kier molecular flexibility index (Phi) is 7.78. The van der Waals surface area contributed by atoms with Gasteiger partial charge in [0.1, 0.15) is 17.9 Å². The van der Waals surface area contributed by atoms with Crippen molar-refractivity contribution in [2.45, 2.75) is 58.4 Å². The molecule has 1 aromatic rings. The van der Waals surface area contributed by atoms with Gasteiger partial charge in [0.2, 0.25) is 0 Å². The van der Waals surface area contributed by atoms with Crippen molar-refractivity contribution in [1.82, 2.24) is 10.2 Å². The van der Waals surface area contributed by atoms with Crippen LogP contribution in [0.4, 0.5) is 14.9 Å². The van der Waals surface area contributed by atoms with Crippen LogP contribution in [-0.2, 0) is 19.1 Å². The fraction of sp³-hybridized carbons (Fsp3) is 0.560. The molecular weight excluding hydrogens is 455 g/mol. The quantitative estimate of drug-likeness (QED) is 0.467. The molecule has 10 heteroatoms. The number of imide groups is 1. The molecule has 1 saturated carbocycles. The number of ether oxygens (including phenoxy) is 1. The van der Waals surface area contributed by atoms with Crippen molar-refractivity contribution in [2.75, 3.05) is 24.6 Å². The molecule has 9 nitrogen and oxygen atoms in total. The summed E-state index contributed by atoms with van der Waals surface area (Å²) in [5, 5.41) is 11.6. The highest BCUT2D eigenvalue weighted by Crippen LogP contribution is 2.43. The highest BCUT2D eigenvalue weighted by Gasteiger charge is 2.53. The Morgan fingerprint density at radius 1 is 1.23 bits per heavy atom. The minimum absolute atomic E-state index is 0.0255. The summed E-state index contributed by atoms with van der Waals surface area (Å²) >= 11 is 0. The summed E-state index contributed by atoms with van der Waals surface area (Å²) in [7, 11) is 0. The predicted octanol–water partition coefficient (Wildman–Crippen LogP) is 3.14. The van der Waals surface area contributed by atoms with Crippen molar-refractivity contribution in [3.05, 3.63) is 30.1 Å². The summed E-state index contributed by atoms with van der Waals surface area (Å²) in [4.78, 5) is 52.7. The lowest BCUT2D eigenvalue weighted by Gasteiger charge is -2.40. The third-order valence-electron chi connectivity index (χ3n) is 6.84. The summed E-state index contributed by atoms with van der Waals surface area (Å²) in [6.45, 7) is 5.26. The highest BCUT2D eigenvalue weighted by molar-refractivity contribution is 6.08. The van der Waals surface area contributed by atoms with Crippen LogP contribution in [-0.4, -0.2) is 54.0 Å². The number of halogens is 1. The molecule has 2 fully saturated rings. The molecule has 0 bridgehead atoms. The number of nitriles is 1. The van der Waals surface area contributed by atoms with E-state index in [2.05, 4.69) is 26.1 Å². The number of amides is 4. The summed E-state index contributed by atoms with van der Waals surface area (Å²) in [5.41, 5.74) is -0.533. The second-order valence-electron chi connectivity index (χ2n) is 10.1. The van der Waals surface area contributed by atoms with Gasteiger partial charge in [-0.1, -0.05) is 20.8 Å². The molecule has 3 rings (SSSR count). The van der Waals surface area contributed by atoms with Crippen molar-refractivity contribution in [2.24, 2.45) is 11.3 Å². The molecule has 0 unspecified atom stereocenters. The first-order chi connectivity index (χ1) is 16.5. The fourth-order valence-electron chi connectivity index (χ4n) is 4.71. The lowest BCUT2D eigenvalue weighted by molar-refractivity contribution is -0.150. The van der Waals surface area contributed by atoms with E-state index in [0.717, 1.165) is 17.7 Å². The average molecular weight is 487 g/mol. The van der Waals surface area contributed by atoms with E-state index >= 15 is 0 Å². The van der Waals surface area contributed by atoms with E-state index in [1.807, 2.05) is 6.07 Å². The molecular formula is C25H31FN4O5. The van der Waals surface area contributed by atoms with Crippen LogP contribution in [0.2, 0.25) is 0 Å². The fourth-order valence-corrected chi connectivity index (χ4v) is 4.71. The second kappa shape index (κ2) is 10.4. The smallest absolute Gasteiger partial charge is 0.326 e. The SMILES string of the molecule is CC(C)(C)C1CCC2(CC1)NC(=O)N(CC(=O)OCC(=O)N(CCC#N)c1ccc(F)cc1)C2=O. The van der Waals surface area contributed by atoms with Crippen molar-refractivity contribution in [3.8, 4) is 6.07 Å². The average Bonchev–Trinajstić information content (AvgIpc) is 3.02. The minimum atomic E-state index is -0.994. The van der Waals surface area contributed by atoms with E-state index in [9.17, 15) is 23.6 Å². The van der Waals surface area contributed by atoms with Crippen LogP contribution in [0.1, 0.15) is 52.9 Å². The molecule has 0 atom stereocenters. The van der Waals surface area contributed by atoms with E-state index in [4.69, 9.17) is 10.00 Å². The van der Waals surface area contributed by atoms with Gasteiger partial charge in [-0.05, 0) is 61.3 Å². The van der Waals surface area contributed by atoms with Crippen LogP contribution in [0.5, 0.6) is 0 Å². The number of esters is 1. The van der Waals surface area contributed by atoms with E-state index in [0.29, 0.717) is 24.4 Å². The van der Waals surface area contributed by atoms with Gasteiger partial charge >= 0.3 is 12.0 Å². The Morgan fingerprint density at radius 2 is 1.86 bits per heavy atom. The van der Waals surface area contributed by atoms with E-state index < -0.39 is 48.3 Å². The van der Waals surface area contributed by atoms with E-state index in [1.165, 1.54) is 29.2 Å². The second-order valence-corrected chi connectivity index (χ2v) is 10.1. The van der Waals surface area contributed by atoms with Gasteiger partial charge in [0.25, 0.3) is 11.8 Å². The van der Waals surface area contributed by atoms with Crippen molar-refractivity contribution in [3.63, 3.8) is 0 Å². The zero-order valence-electron chi connectivity index (χ0n) is 20.3. The topological polar surface area (TPSA) is 120 Å². The van der Waals surface area contributed by atoms with Gasteiger partial charge in [-0.2, -0.15) is 5.26 Å². The number of urea groups is 1. The predicted molar refractivity (Wildman–Crippen MR) is 124 cm³/mol. The Bertz CT molecular complexity index is 1020. The number of carbonyl (C=O) groups excluding carboxylic acids is 4. The van der Waals surface area contributed by atoms with Crippen LogP contribution >= 0.6 is 0 Å². The van der Waals surface area contributed by atoms with E-state index in [1.54, 1.807) is 0 Å². The highest BCUT2D eigenvalue weighted by atomic mass is 19.1. The molecule has 1 N–H and O–H groups in total. The number of nitrogens with one attached hydrogen (secondary N) is 1. The molecule has 0 aromatic heterocycles. The monoisotopic (exact) mass is 486 g/mol. The number of carbonyl (C=O) groups is 4. The van der Waals surface area contributed by atoms with Crippen LogP contribution < -0.4 is 10.2 Å². The number of nitrogens with zero attached hydrogens (tertiary/aromatic N) is 3. The van der Waals surface area contributed by atoms with Crippen LogP contribution in [0.15, 0.2) is 24.3 Å². The number of hydrogen-bond donors (Lipinski definition) is 1. The van der Waals surface area contributed by atoms with E-state index in [-0.39, 0.29) is 18.4 Å². The number of benzene rings is 1. The molecule has 1 aliphatic heterocycles. The Labute approximate surface area is 204 Å². The van der Waals surface area contributed by atoms with Crippen LogP contribution in [0.3, 0.4) is 0 Å². The largest absolute Gasteiger partial charge is 0.454 e. The maximum absolute atomic E-state index is 13.2. The van der Waals surface area contributed by atoms with Gasteiger partial charge in [0.15, 0.2) is 6.61 Å². The number of anilines is 1. The standard InChI is InChI=1S/C25H31FN4O5/c1-24(2,3)17-9-11-25(12-10-17)22(33)30(23(34)28-25)15-21(32)35-16-20(31)29(14-4-13-27)19-7-5-18(26)6-8-19/h5-8,17H,4,9-12,14-16H2,1-3H3,(H,28,34). The molecule has 4 amide bonds. The van der Waals surface area contributed by atoms with Crippen molar-refractivity contribution < 1.29 is 28.3 Å². The first kappa shape index (κ1) is 26.1.